The number of hydrogen-bond donors (Lipinski definition) is 1. The Morgan fingerprint density at radius 1 is 1.23 bits per heavy atom. The van der Waals surface area contributed by atoms with Gasteiger partial charge in [0.1, 0.15) is 11.5 Å². The largest absolute Gasteiger partial charge is 0.497 e. The minimum absolute atomic E-state index is 0.507. The molecular formula is C22H24N4O3S. The Bertz CT molecular complexity index is 1060. The first-order valence-corrected chi connectivity index (χ1v) is 10.3. The predicted octanol–water partition coefficient (Wildman–Crippen LogP) is 3.96. The summed E-state index contributed by atoms with van der Waals surface area (Å²) in [5.41, 5.74) is 1.22. The van der Waals surface area contributed by atoms with Gasteiger partial charge in [-0.3, -0.25) is 0 Å². The minimum atomic E-state index is -0.716. The van der Waals surface area contributed by atoms with Crippen molar-refractivity contribution in [2.24, 2.45) is 5.16 Å². The molecule has 1 unspecified atom stereocenters. The molecule has 0 spiro atoms. The maximum atomic E-state index is 5.91. The maximum Gasteiger partial charge on any atom is 0.226 e. The number of thiazole rings is 1. The Kier molecular flexibility index (Phi) is 5.50. The molecule has 1 atom stereocenters. The highest BCUT2D eigenvalue weighted by atomic mass is 32.1. The molecule has 4 rings (SSSR count). The van der Waals surface area contributed by atoms with E-state index in [1.54, 1.807) is 31.8 Å². The van der Waals surface area contributed by atoms with Gasteiger partial charge >= 0.3 is 0 Å². The van der Waals surface area contributed by atoms with E-state index in [1.165, 1.54) is 0 Å². The molecule has 1 N–H and O–H groups in total. The quantitative estimate of drug-likeness (QED) is 0.590. The van der Waals surface area contributed by atoms with E-state index < -0.39 is 5.72 Å². The molecule has 0 fully saturated rings. The Hall–Kier alpha value is -3.26. The lowest BCUT2D eigenvalue weighted by molar-refractivity contribution is -0.0828. The van der Waals surface area contributed by atoms with E-state index in [4.69, 9.17) is 19.3 Å². The maximum absolute atomic E-state index is 5.91. The third-order valence-electron chi connectivity index (χ3n) is 5.04. The topological polar surface area (TPSA) is 68.2 Å². The number of para-hydroxylation sites is 1. The lowest BCUT2D eigenvalue weighted by atomic mass is 10.1. The summed E-state index contributed by atoms with van der Waals surface area (Å²) in [5.74, 6) is 2.18. The van der Waals surface area contributed by atoms with Crippen LogP contribution in [0.15, 0.2) is 60.4 Å². The van der Waals surface area contributed by atoms with Crippen molar-refractivity contribution in [3.63, 3.8) is 0 Å². The van der Waals surface area contributed by atoms with Crippen LogP contribution in [0, 0.1) is 0 Å². The summed E-state index contributed by atoms with van der Waals surface area (Å²) in [5, 5.41) is 8.38. The number of fused-ring (bicyclic) bond motifs is 1. The normalized spacial score (nSPS) is 18.1. The lowest BCUT2D eigenvalue weighted by Gasteiger charge is -2.34. The van der Waals surface area contributed by atoms with Gasteiger partial charge in [0, 0.05) is 11.6 Å². The average molecular weight is 425 g/mol. The summed E-state index contributed by atoms with van der Waals surface area (Å²) in [4.78, 5) is 12.8. The molecule has 0 bridgehead atoms. The van der Waals surface area contributed by atoms with Crippen molar-refractivity contribution in [3.8, 4) is 11.5 Å². The molecule has 0 amide bonds. The van der Waals surface area contributed by atoms with Crippen molar-refractivity contribution in [2.75, 3.05) is 20.8 Å². The van der Waals surface area contributed by atoms with Crippen molar-refractivity contribution >= 4 is 27.4 Å². The molecule has 1 aromatic heterocycles. The van der Waals surface area contributed by atoms with E-state index in [-0.39, 0.29) is 0 Å². The fourth-order valence-electron chi connectivity index (χ4n) is 3.37. The van der Waals surface area contributed by atoms with Gasteiger partial charge in [-0.05, 0) is 37.4 Å². The van der Waals surface area contributed by atoms with Crippen LogP contribution >= 0.6 is 11.3 Å². The smallest absolute Gasteiger partial charge is 0.226 e. The molecule has 0 saturated heterocycles. The van der Waals surface area contributed by atoms with E-state index in [9.17, 15) is 0 Å². The molecule has 8 heteroatoms. The first-order valence-electron chi connectivity index (χ1n) is 9.53. The third kappa shape index (κ3) is 3.66. The highest BCUT2D eigenvalue weighted by Crippen LogP contribution is 2.34. The van der Waals surface area contributed by atoms with Crippen LogP contribution in [0.3, 0.4) is 0 Å². The van der Waals surface area contributed by atoms with Crippen LogP contribution in [0.1, 0.15) is 17.5 Å². The van der Waals surface area contributed by atoms with Gasteiger partial charge < -0.3 is 24.5 Å². The average Bonchev–Trinajstić information content (AvgIpc) is 3.34. The Morgan fingerprint density at radius 3 is 2.80 bits per heavy atom. The monoisotopic (exact) mass is 424 g/mol. The van der Waals surface area contributed by atoms with Gasteiger partial charge in [0.2, 0.25) is 11.6 Å². The van der Waals surface area contributed by atoms with Crippen molar-refractivity contribution in [3.05, 3.63) is 65.8 Å². The fraction of sp³-hybridized carbons (Fsp3) is 0.273. The zero-order valence-electron chi connectivity index (χ0n) is 17.2. The number of hydrogen-bond acceptors (Lipinski definition) is 8. The van der Waals surface area contributed by atoms with Crippen LogP contribution in [0.25, 0.3) is 10.2 Å². The van der Waals surface area contributed by atoms with Crippen LogP contribution < -0.4 is 14.8 Å². The Morgan fingerprint density at radius 2 is 2.07 bits per heavy atom. The van der Waals surface area contributed by atoms with Gasteiger partial charge in [0.25, 0.3) is 0 Å². The number of nitrogens with zero attached hydrogens (tertiary/aromatic N) is 3. The first kappa shape index (κ1) is 20.0. The first-order chi connectivity index (χ1) is 14.6. The molecule has 1 aliphatic rings. The fourth-order valence-corrected chi connectivity index (χ4v) is 4.33. The Balaban J connectivity index is 1.72. The summed E-state index contributed by atoms with van der Waals surface area (Å²) < 4.78 is 12.0. The molecule has 1 aliphatic heterocycles. The molecule has 0 aliphatic carbocycles. The van der Waals surface area contributed by atoms with Crippen molar-refractivity contribution in [1.82, 2.24) is 15.2 Å². The predicted molar refractivity (Wildman–Crippen MR) is 119 cm³/mol. The number of methoxy groups -OCH3 is 2. The van der Waals surface area contributed by atoms with Gasteiger partial charge in [-0.15, -0.1) is 11.3 Å². The number of amidine groups is 1. The van der Waals surface area contributed by atoms with E-state index in [1.807, 2.05) is 43.3 Å². The summed E-state index contributed by atoms with van der Waals surface area (Å²) >= 11 is 1.59. The van der Waals surface area contributed by atoms with Gasteiger partial charge in [0.05, 0.1) is 37.5 Å². The van der Waals surface area contributed by atoms with Crippen LogP contribution in [-0.4, -0.2) is 42.2 Å². The zero-order valence-corrected chi connectivity index (χ0v) is 18.0. The molecule has 0 saturated carbocycles. The molecule has 30 heavy (non-hydrogen) atoms. The van der Waals surface area contributed by atoms with Gasteiger partial charge in [-0.2, -0.15) is 0 Å². The second kappa shape index (κ2) is 8.23. The zero-order chi connectivity index (χ0) is 21.1. The SMILES string of the molecule is C=CNCC1(C)ON=C(c2nc3ccccc3s2)N1Cc1ccc(OC)cc1OC. The molecule has 3 aromatic rings. The second-order valence-corrected chi connectivity index (χ2v) is 8.05. The number of benzene rings is 2. The molecule has 2 heterocycles. The number of oxime groups is 1. The molecule has 2 aromatic carbocycles. The lowest BCUT2D eigenvalue weighted by Crippen LogP contribution is -2.51. The highest BCUT2D eigenvalue weighted by Gasteiger charge is 2.43. The van der Waals surface area contributed by atoms with Crippen LogP contribution in [-0.2, 0) is 11.4 Å². The van der Waals surface area contributed by atoms with Crippen LogP contribution in [0.4, 0.5) is 0 Å². The summed E-state index contributed by atoms with van der Waals surface area (Å²) in [6, 6.07) is 13.8. The van der Waals surface area contributed by atoms with E-state index in [2.05, 4.69) is 28.0 Å². The number of nitrogens with one attached hydrogen (secondary N) is 1. The van der Waals surface area contributed by atoms with Crippen molar-refractivity contribution < 1.29 is 14.3 Å². The highest BCUT2D eigenvalue weighted by molar-refractivity contribution is 7.20. The standard InChI is InChI=1S/C22H24N4O3S/c1-5-23-14-22(2)26(13-15-10-11-16(27-3)12-18(15)28-4)20(25-29-22)21-24-17-8-6-7-9-19(17)30-21/h5-12,23H,1,13-14H2,2-4H3. The Labute approximate surface area is 179 Å². The summed E-state index contributed by atoms with van der Waals surface area (Å²) in [6.45, 7) is 6.77. The molecular weight excluding hydrogens is 400 g/mol. The number of ether oxygens (including phenoxy) is 2. The second-order valence-electron chi connectivity index (χ2n) is 7.02. The van der Waals surface area contributed by atoms with E-state index in [0.717, 1.165) is 32.3 Å². The van der Waals surface area contributed by atoms with Crippen molar-refractivity contribution in [2.45, 2.75) is 19.2 Å². The minimum Gasteiger partial charge on any atom is -0.497 e. The third-order valence-corrected chi connectivity index (χ3v) is 6.07. The van der Waals surface area contributed by atoms with Gasteiger partial charge in [0.15, 0.2) is 5.01 Å². The molecule has 7 nitrogen and oxygen atoms in total. The summed E-state index contributed by atoms with van der Waals surface area (Å²) in [6.07, 6.45) is 1.65. The van der Waals surface area contributed by atoms with Crippen LogP contribution in [0.2, 0.25) is 0 Å². The van der Waals surface area contributed by atoms with Gasteiger partial charge in [-0.1, -0.05) is 23.9 Å². The summed E-state index contributed by atoms with van der Waals surface area (Å²) in [7, 11) is 3.29. The van der Waals surface area contributed by atoms with Gasteiger partial charge in [-0.25, -0.2) is 4.98 Å². The van der Waals surface area contributed by atoms with Crippen molar-refractivity contribution in [1.29, 1.82) is 0 Å². The van der Waals surface area contributed by atoms with E-state index in [0.29, 0.717) is 18.9 Å². The molecule has 0 radical (unpaired) electrons. The number of rotatable bonds is 8. The molecule has 156 valence electrons. The van der Waals surface area contributed by atoms with E-state index >= 15 is 0 Å². The van der Waals surface area contributed by atoms with Crippen LogP contribution in [0.5, 0.6) is 11.5 Å². The number of aromatic nitrogens is 1.